The third kappa shape index (κ3) is 2.95. The van der Waals surface area contributed by atoms with Crippen molar-refractivity contribution in [3.05, 3.63) is 33.9 Å². The van der Waals surface area contributed by atoms with Crippen molar-refractivity contribution in [1.29, 1.82) is 0 Å². The van der Waals surface area contributed by atoms with Gasteiger partial charge in [-0.3, -0.25) is 0 Å². The molecule has 0 aliphatic heterocycles. The van der Waals surface area contributed by atoms with Crippen LogP contribution in [0.15, 0.2) is 17.6 Å². The molecule has 0 spiro atoms. The van der Waals surface area contributed by atoms with Gasteiger partial charge in [-0.15, -0.1) is 21.5 Å². The van der Waals surface area contributed by atoms with Crippen LogP contribution in [0, 0.1) is 6.92 Å². The quantitative estimate of drug-likeness (QED) is 0.935. The molecule has 0 atom stereocenters. The van der Waals surface area contributed by atoms with Crippen LogP contribution in [0.1, 0.15) is 16.3 Å². The van der Waals surface area contributed by atoms with E-state index in [1.54, 1.807) is 5.51 Å². The highest BCUT2D eigenvalue weighted by atomic mass is 32.1. The molecule has 1 N–H and O–H groups in total. The fourth-order valence-corrected chi connectivity index (χ4v) is 1.96. The maximum atomic E-state index is 12.3. The normalized spacial score (nSPS) is 11.6. The van der Waals surface area contributed by atoms with Gasteiger partial charge in [0, 0.05) is 4.88 Å². The third-order valence-electron chi connectivity index (χ3n) is 2.23. The van der Waals surface area contributed by atoms with Crippen LogP contribution in [-0.2, 0) is 12.7 Å². The molecule has 2 aromatic heterocycles. The van der Waals surface area contributed by atoms with Crippen LogP contribution < -0.4 is 5.32 Å². The fourth-order valence-electron chi connectivity index (χ4n) is 1.24. The second-order valence-corrected chi connectivity index (χ2v) is 4.46. The summed E-state index contributed by atoms with van der Waals surface area (Å²) in [7, 11) is 0. The molecule has 0 saturated heterocycles. The van der Waals surface area contributed by atoms with Crippen molar-refractivity contribution in [2.45, 2.75) is 19.6 Å². The van der Waals surface area contributed by atoms with Gasteiger partial charge < -0.3 is 5.32 Å². The molecule has 18 heavy (non-hydrogen) atoms. The predicted octanol–water partition coefficient (Wildman–Crippen LogP) is 2.87. The summed E-state index contributed by atoms with van der Waals surface area (Å²) in [6, 6.07) is 2.15. The van der Waals surface area contributed by atoms with E-state index in [0.29, 0.717) is 12.4 Å². The summed E-state index contributed by atoms with van der Waals surface area (Å²) >= 11 is 1.47. The molecule has 2 heterocycles. The first kappa shape index (κ1) is 12.7. The summed E-state index contributed by atoms with van der Waals surface area (Å²) in [6.45, 7) is 2.34. The number of thiazole rings is 1. The van der Waals surface area contributed by atoms with E-state index in [1.165, 1.54) is 17.4 Å². The number of aromatic nitrogens is 3. The highest BCUT2D eigenvalue weighted by Crippen LogP contribution is 2.27. The minimum Gasteiger partial charge on any atom is -0.364 e. The van der Waals surface area contributed by atoms with Gasteiger partial charge in [0.2, 0.25) is 0 Å². The average molecular weight is 274 g/mol. The second kappa shape index (κ2) is 4.89. The lowest BCUT2D eigenvalue weighted by molar-refractivity contribution is -0.141. The summed E-state index contributed by atoms with van der Waals surface area (Å²) < 4.78 is 36.8. The summed E-state index contributed by atoms with van der Waals surface area (Å²) in [6.07, 6.45) is -4.46. The van der Waals surface area contributed by atoms with Crippen molar-refractivity contribution in [3.63, 3.8) is 0 Å². The highest BCUT2D eigenvalue weighted by molar-refractivity contribution is 7.09. The van der Waals surface area contributed by atoms with Crippen molar-refractivity contribution in [2.24, 2.45) is 0 Å². The lowest BCUT2D eigenvalue weighted by Gasteiger charge is -2.06. The van der Waals surface area contributed by atoms with Crippen LogP contribution in [0.5, 0.6) is 0 Å². The number of halogens is 3. The Morgan fingerprint density at radius 2 is 2.06 bits per heavy atom. The molecular weight excluding hydrogens is 265 g/mol. The smallest absolute Gasteiger partial charge is 0.364 e. The zero-order chi connectivity index (χ0) is 13.2. The van der Waals surface area contributed by atoms with Gasteiger partial charge in [0.05, 0.1) is 17.7 Å². The van der Waals surface area contributed by atoms with Crippen LogP contribution in [-0.4, -0.2) is 15.2 Å². The van der Waals surface area contributed by atoms with E-state index in [1.807, 2.05) is 6.92 Å². The summed E-state index contributed by atoms with van der Waals surface area (Å²) in [5.41, 5.74) is 1.61. The molecule has 0 unspecified atom stereocenters. The van der Waals surface area contributed by atoms with Gasteiger partial charge in [-0.25, -0.2) is 4.98 Å². The molecule has 0 saturated carbocycles. The number of hydrogen-bond donors (Lipinski definition) is 1. The van der Waals surface area contributed by atoms with Gasteiger partial charge in [-0.05, 0) is 19.1 Å². The van der Waals surface area contributed by atoms with E-state index in [-0.39, 0.29) is 0 Å². The molecule has 0 aliphatic carbocycles. The van der Waals surface area contributed by atoms with Gasteiger partial charge in [-0.1, -0.05) is 0 Å². The Morgan fingerprint density at radius 1 is 1.28 bits per heavy atom. The molecule has 0 bridgehead atoms. The summed E-state index contributed by atoms with van der Waals surface area (Å²) in [4.78, 5) is 5.08. The van der Waals surface area contributed by atoms with Crippen molar-refractivity contribution < 1.29 is 13.2 Å². The minimum absolute atomic E-state index is 0.302. The molecule has 0 aromatic carbocycles. The van der Waals surface area contributed by atoms with Gasteiger partial charge in [0.15, 0.2) is 5.69 Å². The van der Waals surface area contributed by atoms with Gasteiger partial charge in [0.25, 0.3) is 0 Å². The van der Waals surface area contributed by atoms with E-state index in [0.717, 1.165) is 16.6 Å². The van der Waals surface area contributed by atoms with Crippen molar-refractivity contribution in [1.82, 2.24) is 15.2 Å². The van der Waals surface area contributed by atoms with Crippen LogP contribution in [0.3, 0.4) is 0 Å². The molecule has 0 fully saturated rings. The Bertz CT molecular complexity index is 521. The fraction of sp³-hybridized carbons (Fsp3) is 0.300. The Hall–Kier alpha value is -1.70. The van der Waals surface area contributed by atoms with Gasteiger partial charge >= 0.3 is 6.18 Å². The van der Waals surface area contributed by atoms with E-state index in [9.17, 15) is 13.2 Å². The van der Waals surface area contributed by atoms with E-state index in [2.05, 4.69) is 20.5 Å². The van der Waals surface area contributed by atoms with Gasteiger partial charge in [0.1, 0.15) is 5.82 Å². The first-order valence-corrected chi connectivity index (χ1v) is 5.88. The largest absolute Gasteiger partial charge is 0.435 e. The van der Waals surface area contributed by atoms with Crippen LogP contribution in [0.2, 0.25) is 0 Å². The molecule has 0 amide bonds. The van der Waals surface area contributed by atoms with Crippen LogP contribution in [0.4, 0.5) is 19.0 Å². The van der Waals surface area contributed by atoms with Crippen LogP contribution >= 0.6 is 11.3 Å². The van der Waals surface area contributed by atoms with Crippen molar-refractivity contribution >= 4 is 17.2 Å². The Balaban J connectivity index is 2.01. The maximum Gasteiger partial charge on any atom is 0.435 e. The van der Waals surface area contributed by atoms with E-state index >= 15 is 0 Å². The number of aryl methyl sites for hydroxylation is 1. The predicted molar refractivity (Wildman–Crippen MR) is 61.2 cm³/mol. The molecule has 0 aliphatic rings. The average Bonchev–Trinajstić information content (AvgIpc) is 2.72. The lowest BCUT2D eigenvalue weighted by Crippen LogP contribution is -2.10. The SMILES string of the molecule is Cc1ncsc1CNc1ccc(C(F)(F)F)nn1. The minimum atomic E-state index is -4.46. The zero-order valence-electron chi connectivity index (χ0n) is 9.32. The van der Waals surface area contributed by atoms with E-state index in [4.69, 9.17) is 0 Å². The Morgan fingerprint density at radius 3 is 2.56 bits per heavy atom. The van der Waals surface area contributed by atoms with E-state index < -0.39 is 11.9 Å². The first-order chi connectivity index (χ1) is 8.47. The number of nitrogens with zero attached hydrogens (tertiary/aromatic N) is 3. The van der Waals surface area contributed by atoms with Gasteiger partial charge in [-0.2, -0.15) is 13.2 Å². The molecule has 8 heteroatoms. The number of nitrogens with one attached hydrogen (secondary N) is 1. The number of alkyl halides is 3. The topological polar surface area (TPSA) is 50.7 Å². The molecule has 0 radical (unpaired) electrons. The van der Waals surface area contributed by atoms with Crippen LogP contribution in [0.25, 0.3) is 0 Å². The zero-order valence-corrected chi connectivity index (χ0v) is 10.1. The van der Waals surface area contributed by atoms with Crippen molar-refractivity contribution in [2.75, 3.05) is 5.32 Å². The Labute approximate surface area is 105 Å². The third-order valence-corrected chi connectivity index (χ3v) is 3.16. The first-order valence-electron chi connectivity index (χ1n) is 5.00. The number of hydrogen-bond acceptors (Lipinski definition) is 5. The molecule has 2 aromatic rings. The highest BCUT2D eigenvalue weighted by Gasteiger charge is 2.32. The second-order valence-electron chi connectivity index (χ2n) is 3.52. The number of rotatable bonds is 3. The molecular formula is C10H9F3N4S. The molecule has 2 rings (SSSR count). The maximum absolute atomic E-state index is 12.3. The Kier molecular flexibility index (Phi) is 3.46. The molecule has 4 nitrogen and oxygen atoms in total. The molecule has 96 valence electrons. The standard InChI is InChI=1S/C10H9F3N4S/c1-6-7(18-5-15-6)4-14-9-3-2-8(16-17-9)10(11,12)13/h2-3,5H,4H2,1H3,(H,14,17). The number of anilines is 1. The summed E-state index contributed by atoms with van der Waals surface area (Å²) in [5, 5.41) is 9.50. The monoisotopic (exact) mass is 274 g/mol. The summed E-state index contributed by atoms with van der Waals surface area (Å²) in [5.74, 6) is 0.302. The lowest BCUT2D eigenvalue weighted by atomic mass is 10.3. The van der Waals surface area contributed by atoms with Crippen molar-refractivity contribution in [3.8, 4) is 0 Å².